The van der Waals surface area contributed by atoms with Crippen LogP contribution in [0, 0.1) is 6.92 Å². The lowest BCUT2D eigenvalue weighted by Crippen LogP contribution is -2.04. The molecular weight excluding hydrogens is 178 g/mol. The van der Waals surface area contributed by atoms with Gasteiger partial charge in [0.15, 0.2) is 0 Å². The number of carbonyl (C=O) groups is 1. The molecule has 0 fully saturated rings. The molecule has 0 aliphatic rings. The van der Waals surface area contributed by atoms with E-state index < -0.39 is 5.97 Å². The summed E-state index contributed by atoms with van der Waals surface area (Å²) in [6, 6.07) is 8.05. The maximum Gasteiger partial charge on any atom is 0.303 e. The Morgan fingerprint density at radius 2 is 2.00 bits per heavy atom. The molecule has 14 heavy (non-hydrogen) atoms. The van der Waals surface area contributed by atoms with Gasteiger partial charge >= 0.3 is 5.97 Å². The van der Waals surface area contributed by atoms with E-state index in [1.807, 2.05) is 31.2 Å². The summed E-state index contributed by atoms with van der Waals surface area (Å²) in [5.74, 6) is -0.740. The highest BCUT2D eigenvalue weighted by atomic mass is 16.4. The van der Waals surface area contributed by atoms with Gasteiger partial charge in [0.2, 0.25) is 0 Å². The van der Waals surface area contributed by atoms with E-state index in [2.05, 4.69) is 5.32 Å². The minimum atomic E-state index is -0.740. The predicted octanol–water partition coefficient (Wildman–Crippen LogP) is 2.27. The van der Waals surface area contributed by atoms with Gasteiger partial charge in [0.25, 0.3) is 0 Å². The Balaban J connectivity index is 2.25. The zero-order chi connectivity index (χ0) is 10.4. The van der Waals surface area contributed by atoms with Gasteiger partial charge in [0.05, 0.1) is 0 Å². The lowest BCUT2D eigenvalue weighted by atomic mass is 10.2. The Kier molecular flexibility index (Phi) is 3.98. The van der Waals surface area contributed by atoms with Crippen molar-refractivity contribution in [3.8, 4) is 0 Å². The van der Waals surface area contributed by atoms with Crippen LogP contribution in [-0.2, 0) is 4.79 Å². The molecule has 0 bridgehead atoms. The van der Waals surface area contributed by atoms with Gasteiger partial charge in [-0.2, -0.15) is 0 Å². The van der Waals surface area contributed by atoms with Crippen LogP contribution in [0.25, 0.3) is 0 Å². The molecule has 1 rings (SSSR count). The molecule has 1 aromatic rings. The van der Waals surface area contributed by atoms with Gasteiger partial charge < -0.3 is 10.4 Å². The Morgan fingerprint density at radius 1 is 1.36 bits per heavy atom. The van der Waals surface area contributed by atoms with Crippen molar-refractivity contribution in [1.82, 2.24) is 0 Å². The molecule has 76 valence electrons. The highest BCUT2D eigenvalue weighted by molar-refractivity contribution is 5.66. The van der Waals surface area contributed by atoms with E-state index >= 15 is 0 Å². The lowest BCUT2D eigenvalue weighted by Gasteiger charge is -2.04. The molecule has 0 aromatic heterocycles. The number of carboxylic acids is 1. The largest absolute Gasteiger partial charge is 0.481 e. The number of aryl methyl sites for hydroxylation is 1. The van der Waals surface area contributed by atoms with E-state index in [0.717, 1.165) is 5.69 Å². The molecule has 0 saturated carbocycles. The average Bonchev–Trinajstić information content (AvgIpc) is 2.15. The first-order valence-corrected chi connectivity index (χ1v) is 4.71. The summed E-state index contributed by atoms with van der Waals surface area (Å²) >= 11 is 0. The normalized spacial score (nSPS) is 9.79. The molecule has 3 nitrogen and oxygen atoms in total. The second-order valence-corrected chi connectivity index (χ2v) is 3.29. The third-order valence-corrected chi connectivity index (χ3v) is 1.95. The summed E-state index contributed by atoms with van der Waals surface area (Å²) in [7, 11) is 0. The van der Waals surface area contributed by atoms with Gasteiger partial charge in [-0.3, -0.25) is 4.79 Å². The SMILES string of the molecule is Cc1ccc(NCCCC(=O)O)cc1. The van der Waals surface area contributed by atoms with Crippen molar-refractivity contribution in [3.63, 3.8) is 0 Å². The molecule has 3 heteroatoms. The predicted molar refractivity (Wildman–Crippen MR) is 56.5 cm³/mol. The van der Waals surface area contributed by atoms with E-state index in [1.54, 1.807) is 0 Å². The number of aliphatic carboxylic acids is 1. The Labute approximate surface area is 83.8 Å². The number of carboxylic acid groups (broad SMARTS) is 1. The second kappa shape index (κ2) is 5.27. The maximum absolute atomic E-state index is 10.2. The quantitative estimate of drug-likeness (QED) is 0.705. The number of rotatable bonds is 5. The van der Waals surface area contributed by atoms with Gasteiger partial charge in [-0.15, -0.1) is 0 Å². The fraction of sp³-hybridized carbons (Fsp3) is 0.364. The van der Waals surface area contributed by atoms with Crippen LogP contribution in [0.4, 0.5) is 5.69 Å². The molecule has 0 saturated heterocycles. The Bertz CT molecular complexity index is 293. The van der Waals surface area contributed by atoms with Gasteiger partial charge in [0, 0.05) is 18.7 Å². The van der Waals surface area contributed by atoms with Crippen LogP contribution in [0.3, 0.4) is 0 Å². The van der Waals surface area contributed by atoms with Gasteiger partial charge in [0.1, 0.15) is 0 Å². The van der Waals surface area contributed by atoms with Crippen molar-refractivity contribution in [3.05, 3.63) is 29.8 Å². The summed E-state index contributed by atoms with van der Waals surface area (Å²) in [5, 5.41) is 11.6. The van der Waals surface area contributed by atoms with Crippen LogP contribution in [0.2, 0.25) is 0 Å². The maximum atomic E-state index is 10.2. The summed E-state index contributed by atoms with van der Waals surface area (Å²) in [5.41, 5.74) is 2.27. The highest BCUT2D eigenvalue weighted by Crippen LogP contribution is 2.08. The van der Waals surface area contributed by atoms with Crippen molar-refractivity contribution >= 4 is 11.7 Å². The number of anilines is 1. The summed E-state index contributed by atoms with van der Waals surface area (Å²) in [4.78, 5) is 10.2. The van der Waals surface area contributed by atoms with Crippen molar-refractivity contribution in [1.29, 1.82) is 0 Å². The molecule has 0 unspecified atom stereocenters. The molecule has 2 N–H and O–H groups in total. The van der Waals surface area contributed by atoms with Crippen LogP contribution in [0.5, 0.6) is 0 Å². The standard InChI is InChI=1S/C11H15NO2/c1-9-4-6-10(7-5-9)12-8-2-3-11(13)14/h4-7,12H,2-3,8H2,1H3,(H,13,14). The lowest BCUT2D eigenvalue weighted by molar-refractivity contribution is -0.137. The van der Waals surface area contributed by atoms with Crippen molar-refractivity contribution in [2.75, 3.05) is 11.9 Å². The van der Waals surface area contributed by atoms with Gasteiger partial charge in [-0.05, 0) is 25.5 Å². The smallest absolute Gasteiger partial charge is 0.303 e. The fourth-order valence-corrected chi connectivity index (χ4v) is 1.14. The van der Waals surface area contributed by atoms with Crippen molar-refractivity contribution in [2.24, 2.45) is 0 Å². The number of hydrogen-bond donors (Lipinski definition) is 2. The summed E-state index contributed by atoms with van der Waals surface area (Å²) in [6.45, 7) is 2.74. The molecule has 1 aromatic carbocycles. The third kappa shape index (κ3) is 3.94. The zero-order valence-corrected chi connectivity index (χ0v) is 8.29. The number of nitrogens with one attached hydrogen (secondary N) is 1. The first kappa shape index (κ1) is 10.6. The molecule has 0 spiro atoms. The monoisotopic (exact) mass is 193 g/mol. The molecule has 0 atom stereocenters. The number of benzene rings is 1. The minimum Gasteiger partial charge on any atom is -0.481 e. The van der Waals surface area contributed by atoms with Crippen LogP contribution in [0.15, 0.2) is 24.3 Å². The van der Waals surface area contributed by atoms with Crippen LogP contribution < -0.4 is 5.32 Å². The number of hydrogen-bond acceptors (Lipinski definition) is 2. The first-order chi connectivity index (χ1) is 6.68. The fourth-order valence-electron chi connectivity index (χ4n) is 1.14. The summed E-state index contributed by atoms with van der Waals surface area (Å²) in [6.07, 6.45) is 0.877. The zero-order valence-electron chi connectivity index (χ0n) is 8.29. The van der Waals surface area contributed by atoms with Crippen molar-refractivity contribution in [2.45, 2.75) is 19.8 Å². The highest BCUT2D eigenvalue weighted by Gasteiger charge is 1.96. The van der Waals surface area contributed by atoms with Crippen LogP contribution in [0.1, 0.15) is 18.4 Å². The molecule has 0 aliphatic carbocycles. The van der Waals surface area contributed by atoms with Crippen molar-refractivity contribution < 1.29 is 9.90 Å². The van der Waals surface area contributed by atoms with E-state index in [-0.39, 0.29) is 6.42 Å². The topological polar surface area (TPSA) is 49.3 Å². The molecule has 0 heterocycles. The minimum absolute atomic E-state index is 0.221. The molecule has 0 amide bonds. The van der Waals surface area contributed by atoms with Crippen LogP contribution >= 0.6 is 0 Å². The molecule has 0 radical (unpaired) electrons. The molecular formula is C11H15NO2. The van der Waals surface area contributed by atoms with Crippen LogP contribution in [-0.4, -0.2) is 17.6 Å². The third-order valence-electron chi connectivity index (χ3n) is 1.95. The molecule has 0 aliphatic heterocycles. The first-order valence-electron chi connectivity index (χ1n) is 4.71. The van der Waals surface area contributed by atoms with E-state index in [1.165, 1.54) is 5.56 Å². The van der Waals surface area contributed by atoms with E-state index in [4.69, 9.17) is 5.11 Å². The van der Waals surface area contributed by atoms with Gasteiger partial charge in [-0.25, -0.2) is 0 Å². The summed E-state index contributed by atoms with van der Waals surface area (Å²) < 4.78 is 0. The average molecular weight is 193 g/mol. The van der Waals surface area contributed by atoms with Gasteiger partial charge in [-0.1, -0.05) is 17.7 Å². The second-order valence-electron chi connectivity index (χ2n) is 3.29. The van der Waals surface area contributed by atoms with E-state index in [0.29, 0.717) is 13.0 Å². The Morgan fingerprint density at radius 3 is 2.57 bits per heavy atom. The van der Waals surface area contributed by atoms with E-state index in [9.17, 15) is 4.79 Å². The Hall–Kier alpha value is -1.51.